The molecule has 0 heterocycles. The minimum absolute atomic E-state index is 0.112. The highest BCUT2D eigenvalue weighted by molar-refractivity contribution is 5.80. The van der Waals surface area contributed by atoms with Gasteiger partial charge in [-0.05, 0) is 19.8 Å². The number of hydrogen-bond donors (Lipinski definition) is 4. The Bertz CT molecular complexity index is 237. The highest BCUT2D eigenvalue weighted by atomic mass is 16.4. The lowest BCUT2D eigenvalue weighted by atomic mass is 9.81. The van der Waals surface area contributed by atoms with Crippen LogP contribution < -0.4 is 11.1 Å². The molecular weight excluding hydrogens is 206 g/mol. The second kappa shape index (κ2) is 6.06. The third-order valence-corrected chi connectivity index (χ3v) is 3.31. The van der Waals surface area contributed by atoms with E-state index in [-0.39, 0.29) is 24.0 Å². The molecule has 5 nitrogen and oxygen atoms in total. The first-order valence-electron chi connectivity index (χ1n) is 5.97. The summed E-state index contributed by atoms with van der Waals surface area (Å²) in [6.07, 6.45) is 6.07. The maximum absolute atomic E-state index is 9.51. The van der Waals surface area contributed by atoms with Crippen molar-refractivity contribution < 1.29 is 10.3 Å². The number of nitrogens with two attached hydrogens (primary N) is 1. The number of nitrogens with zero attached hydrogens (tertiary/aromatic N) is 1. The highest BCUT2D eigenvalue weighted by Crippen LogP contribution is 2.28. The molecule has 0 spiro atoms. The molecule has 1 unspecified atom stereocenters. The van der Waals surface area contributed by atoms with Gasteiger partial charge in [-0.1, -0.05) is 24.4 Å². The van der Waals surface area contributed by atoms with Crippen molar-refractivity contribution in [3.63, 3.8) is 0 Å². The van der Waals surface area contributed by atoms with Crippen molar-refractivity contribution in [3.05, 3.63) is 0 Å². The van der Waals surface area contributed by atoms with E-state index in [4.69, 9.17) is 10.9 Å². The second-order valence-corrected chi connectivity index (χ2v) is 4.84. The van der Waals surface area contributed by atoms with Gasteiger partial charge in [0.2, 0.25) is 0 Å². The highest BCUT2D eigenvalue weighted by Gasteiger charge is 2.32. The summed E-state index contributed by atoms with van der Waals surface area (Å²) in [5, 5.41) is 24.4. The summed E-state index contributed by atoms with van der Waals surface area (Å²) in [5.41, 5.74) is 5.30. The molecule has 1 atom stereocenters. The van der Waals surface area contributed by atoms with Gasteiger partial charge in [0.05, 0.1) is 6.61 Å². The van der Waals surface area contributed by atoms with Crippen LogP contribution in [-0.2, 0) is 0 Å². The molecule has 1 saturated carbocycles. The van der Waals surface area contributed by atoms with E-state index < -0.39 is 0 Å². The van der Waals surface area contributed by atoms with Gasteiger partial charge in [-0.15, -0.1) is 0 Å². The van der Waals surface area contributed by atoms with Crippen LogP contribution in [0.1, 0.15) is 45.4 Å². The summed E-state index contributed by atoms with van der Waals surface area (Å²) in [5.74, 6) is 0.226. The fourth-order valence-corrected chi connectivity index (χ4v) is 2.50. The van der Waals surface area contributed by atoms with Crippen molar-refractivity contribution in [2.45, 2.75) is 57.0 Å². The van der Waals surface area contributed by atoms with E-state index in [2.05, 4.69) is 10.5 Å². The van der Waals surface area contributed by atoms with Crippen LogP contribution in [0, 0.1) is 0 Å². The molecule has 16 heavy (non-hydrogen) atoms. The molecule has 0 aromatic heterocycles. The number of nitrogens with one attached hydrogen (secondary N) is 1. The fraction of sp³-hybridized carbons (Fsp3) is 0.909. The molecular formula is C11H23N3O2. The van der Waals surface area contributed by atoms with Crippen molar-refractivity contribution in [1.82, 2.24) is 5.32 Å². The Morgan fingerprint density at radius 3 is 2.56 bits per heavy atom. The lowest BCUT2D eigenvalue weighted by molar-refractivity contribution is 0.111. The molecule has 0 aliphatic heterocycles. The third-order valence-electron chi connectivity index (χ3n) is 3.31. The van der Waals surface area contributed by atoms with E-state index in [0.29, 0.717) is 6.42 Å². The molecule has 1 fully saturated rings. The fourth-order valence-electron chi connectivity index (χ4n) is 2.50. The van der Waals surface area contributed by atoms with E-state index in [1.54, 1.807) is 0 Å². The molecule has 1 aliphatic carbocycles. The van der Waals surface area contributed by atoms with Gasteiger partial charge >= 0.3 is 0 Å². The molecule has 1 aliphatic rings. The maximum Gasteiger partial charge on any atom is 0.140 e. The third kappa shape index (κ3) is 3.64. The standard InChI is InChI=1S/C11H23N3O2/c1-9(7-10(12)14-16)13-11(8-15)5-3-2-4-6-11/h9,13,15-16H,2-8H2,1H3,(H2,12,14). The van der Waals surface area contributed by atoms with Crippen molar-refractivity contribution in [1.29, 1.82) is 0 Å². The normalized spacial score (nSPS) is 23.0. The predicted octanol–water partition coefficient (Wildman–Crippen LogP) is 0.796. The Hall–Kier alpha value is -0.810. The zero-order valence-corrected chi connectivity index (χ0v) is 9.95. The monoisotopic (exact) mass is 229 g/mol. The Morgan fingerprint density at radius 2 is 2.06 bits per heavy atom. The molecule has 0 aromatic carbocycles. The number of rotatable bonds is 5. The minimum Gasteiger partial charge on any atom is -0.409 e. The average molecular weight is 229 g/mol. The molecule has 0 radical (unpaired) electrons. The van der Waals surface area contributed by atoms with E-state index in [0.717, 1.165) is 25.7 Å². The summed E-state index contributed by atoms with van der Waals surface area (Å²) in [6, 6.07) is 0.112. The largest absolute Gasteiger partial charge is 0.409 e. The lowest BCUT2D eigenvalue weighted by Crippen LogP contribution is -2.54. The van der Waals surface area contributed by atoms with Crippen molar-refractivity contribution in [2.75, 3.05) is 6.61 Å². The van der Waals surface area contributed by atoms with E-state index >= 15 is 0 Å². The van der Waals surface area contributed by atoms with Crippen LogP contribution in [0.15, 0.2) is 5.16 Å². The summed E-state index contributed by atoms with van der Waals surface area (Å²) in [7, 11) is 0. The summed E-state index contributed by atoms with van der Waals surface area (Å²) in [4.78, 5) is 0. The van der Waals surface area contributed by atoms with Gasteiger partial charge in [0.15, 0.2) is 0 Å². The zero-order chi connectivity index (χ0) is 12.0. The van der Waals surface area contributed by atoms with E-state index in [1.165, 1.54) is 6.42 Å². The summed E-state index contributed by atoms with van der Waals surface area (Å²) >= 11 is 0. The smallest absolute Gasteiger partial charge is 0.140 e. The van der Waals surface area contributed by atoms with Crippen molar-refractivity contribution >= 4 is 5.84 Å². The van der Waals surface area contributed by atoms with Gasteiger partial charge in [0.1, 0.15) is 5.84 Å². The number of oxime groups is 1. The topological polar surface area (TPSA) is 90.9 Å². The van der Waals surface area contributed by atoms with Gasteiger partial charge in [-0.25, -0.2) is 0 Å². The molecule has 0 bridgehead atoms. The molecule has 0 aromatic rings. The molecule has 0 amide bonds. The summed E-state index contributed by atoms with van der Waals surface area (Å²) < 4.78 is 0. The first-order valence-corrected chi connectivity index (χ1v) is 5.97. The number of aliphatic hydroxyl groups is 1. The average Bonchev–Trinajstić information content (AvgIpc) is 2.29. The minimum atomic E-state index is -0.159. The number of amidine groups is 1. The van der Waals surface area contributed by atoms with Gasteiger partial charge in [0, 0.05) is 18.0 Å². The molecule has 0 saturated heterocycles. The molecule has 5 heteroatoms. The Kier molecular flexibility index (Phi) is 5.02. The van der Waals surface area contributed by atoms with Gasteiger partial charge in [-0.3, -0.25) is 0 Å². The second-order valence-electron chi connectivity index (χ2n) is 4.84. The quantitative estimate of drug-likeness (QED) is 0.243. The predicted molar refractivity (Wildman–Crippen MR) is 63.5 cm³/mol. The maximum atomic E-state index is 9.51. The van der Waals surface area contributed by atoms with Gasteiger partial charge in [0.25, 0.3) is 0 Å². The van der Waals surface area contributed by atoms with Crippen molar-refractivity contribution in [2.24, 2.45) is 10.9 Å². The van der Waals surface area contributed by atoms with Crippen LogP contribution in [-0.4, -0.2) is 34.3 Å². The molecule has 94 valence electrons. The van der Waals surface area contributed by atoms with Crippen LogP contribution >= 0.6 is 0 Å². The number of hydrogen-bond acceptors (Lipinski definition) is 4. The lowest BCUT2D eigenvalue weighted by Gasteiger charge is -2.39. The molecule has 5 N–H and O–H groups in total. The van der Waals surface area contributed by atoms with Crippen LogP contribution in [0.3, 0.4) is 0 Å². The SMILES string of the molecule is CC(CC(N)=NO)NC1(CO)CCCCC1. The van der Waals surface area contributed by atoms with Gasteiger partial charge < -0.3 is 21.4 Å². The van der Waals surface area contributed by atoms with Crippen LogP contribution in [0.4, 0.5) is 0 Å². The van der Waals surface area contributed by atoms with Crippen LogP contribution in [0.5, 0.6) is 0 Å². The Balaban J connectivity index is 2.48. The number of aliphatic hydroxyl groups excluding tert-OH is 1. The zero-order valence-electron chi connectivity index (χ0n) is 9.95. The Morgan fingerprint density at radius 1 is 1.44 bits per heavy atom. The van der Waals surface area contributed by atoms with E-state index in [1.807, 2.05) is 6.92 Å². The van der Waals surface area contributed by atoms with Crippen LogP contribution in [0.25, 0.3) is 0 Å². The summed E-state index contributed by atoms with van der Waals surface area (Å²) in [6.45, 7) is 2.15. The first-order chi connectivity index (χ1) is 7.62. The van der Waals surface area contributed by atoms with Gasteiger partial charge in [-0.2, -0.15) is 0 Å². The first kappa shape index (κ1) is 13.3. The van der Waals surface area contributed by atoms with Crippen LogP contribution in [0.2, 0.25) is 0 Å². The molecule has 1 rings (SSSR count). The Labute approximate surface area is 96.7 Å². The van der Waals surface area contributed by atoms with E-state index in [9.17, 15) is 5.11 Å². The van der Waals surface area contributed by atoms with Crippen molar-refractivity contribution in [3.8, 4) is 0 Å².